The molecule has 8 heteroatoms. The predicted molar refractivity (Wildman–Crippen MR) is 57.8 cm³/mol. The van der Waals surface area contributed by atoms with Gasteiger partial charge in [-0.15, -0.1) is 0 Å². The first kappa shape index (κ1) is 12.8. The monoisotopic (exact) mass is 247 g/mol. The molecule has 0 unspecified atom stereocenters. The van der Waals surface area contributed by atoms with Crippen molar-refractivity contribution in [1.29, 1.82) is 0 Å². The predicted octanol–water partition coefficient (Wildman–Crippen LogP) is -0.751. The van der Waals surface area contributed by atoms with Crippen LogP contribution < -0.4 is 10.7 Å². The molecule has 3 amide bonds. The molecular formula is C8H13N3O4S. The Bertz CT molecular complexity index is 310. The van der Waals surface area contributed by atoms with Crippen molar-refractivity contribution >= 4 is 29.7 Å². The van der Waals surface area contributed by atoms with Crippen LogP contribution in [0.15, 0.2) is 0 Å². The molecule has 7 nitrogen and oxygen atoms in total. The summed E-state index contributed by atoms with van der Waals surface area (Å²) in [6.07, 6.45) is 2.25. The molecule has 1 fully saturated rings. The van der Waals surface area contributed by atoms with Gasteiger partial charge in [-0.1, -0.05) is 0 Å². The first-order valence-electron chi connectivity index (χ1n) is 4.64. The van der Waals surface area contributed by atoms with Crippen molar-refractivity contribution in [2.45, 2.75) is 12.5 Å². The van der Waals surface area contributed by atoms with Crippen LogP contribution in [0.1, 0.15) is 6.42 Å². The lowest BCUT2D eigenvalue weighted by atomic mass is 10.2. The number of hydrogen-bond donors (Lipinski definition) is 3. The van der Waals surface area contributed by atoms with Crippen molar-refractivity contribution < 1.29 is 19.5 Å². The van der Waals surface area contributed by atoms with E-state index in [1.165, 1.54) is 11.8 Å². The molecule has 0 aliphatic carbocycles. The van der Waals surface area contributed by atoms with E-state index in [0.29, 0.717) is 12.2 Å². The van der Waals surface area contributed by atoms with Gasteiger partial charge in [0.25, 0.3) is 0 Å². The molecule has 1 saturated heterocycles. The van der Waals surface area contributed by atoms with Crippen LogP contribution in [0.3, 0.4) is 0 Å². The minimum atomic E-state index is -1.04. The largest absolute Gasteiger partial charge is 0.480 e. The molecule has 1 aliphatic heterocycles. The van der Waals surface area contributed by atoms with Gasteiger partial charge in [0.1, 0.15) is 12.6 Å². The molecule has 3 N–H and O–H groups in total. The van der Waals surface area contributed by atoms with Crippen molar-refractivity contribution in [2.24, 2.45) is 0 Å². The second-order valence-corrected chi connectivity index (χ2v) is 4.23. The van der Waals surface area contributed by atoms with Gasteiger partial charge >= 0.3 is 12.0 Å². The Kier molecular flexibility index (Phi) is 4.56. The number of amides is 3. The second-order valence-electron chi connectivity index (χ2n) is 3.24. The smallest absolute Gasteiger partial charge is 0.338 e. The molecular weight excluding hydrogens is 234 g/mol. The summed E-state index contributed by atoms with van der Waals surface area (Å²) in [5, 5.41) is 11.9. The molecule has 1 aliphatic rings. The highest BCUT2D eigenvalue weighted by molar-refractivity contribution is 7.98. The van der Waals surface area contributed by atoms with Crippen LogP contribution in [0, 0.1) is 0 Å². The number of nitrogens with zero attached hydrogens (tertiary/aromatic N) is 1. The summed E-state index contributed by atoms with van der Waals surface area (Å²) in [5.74, 6) is -0.819. The van der Waals surface area contributed by atoms with Gasteiger partial charge in [-0.2, -0.15) is 11.8 Å². The number of urea groups is 1. The number of carbonyl (C=O) groups is 3. The van der Waals surface area contributed by atoms with Gasteiger partial charge in [0, 0.05) is 0 Å². The lowest BCUT2D eigenvalue weighted by Crippen LogP contribution is -2.50. The van der Waals surface area contributed by atoms with Crippen molar-refractivity contribution in [3.63, 3.8) is 0 Å². The summed E-state index contributed by atoms with van der Waals surface area (Å²) in [6, 6.07) is -1.47. The summed E-state index contributed by atoms with van der Waals surface area (Å²) in [4.78, 5) is 32.9. The van der Waals surface area contributed by atoms with Crippen LogP contribution in [-0.4, -0.2) is 52.6 Å². The topological polar surface area (TPSA) is 98.7 Å². The van der Waals surface area contributed by atoms with Gasteiger partial charge in [0.15, 0.2) is 0 Å². The molecule has 90 valence electrons. The third-order valence-electron chi connectivity index (χ3n) is 2.01. The summed E-state index contributed by atoms with van der Waals surface area (Å²) in [6.45, 7) is -0.151. The van der Waals surface area contributed by atoms with E-state index in [2.05, 4.69) is 10.7 Å². The first-order chi connectivity index (χ1) is 7.54. The summed E-state index contributed by atoms with van der Waals surface area (Å²) < 4.78 is 0. The Balaban J connectivity index is 2.51. The molecule has 0 radical (unpaired) electrons. The van der Waals surface area contributed by atoms with Gasteiger partial charge in [-0.05, 0) is 18.4 Å². The fraction of sp³-hybridized carbons (Fsp3) is 0.625. The lowest BCUT2D eigenvalue weighted by molar-refractivity contribution is -0.140. The van der Waals surface area contributed by atoms with E-state index in [9.17, 15) is 14.4 Å². The van der Waals surface area contributed by atoms with Gasteiger partial charge in [-0.3, -0.25) is 14.9 Å². The number of rotatable bonds is 6. The number of carbonyl (C=O) groups excluding carboxylic acids is 2. The van der Waals surface area contributed by atoms with Crippen molar-refractivity contribution in [1.82, 2.24) is 15.8 Å². The summed E-state index contributed by atoms with van der Waals surface area (Å²) >= 11 is 1.52. The average Bonchev–Trinajstić information content (AvgIpc) is 2.51. The lowest BCUT2D eigenvalue weighted by Gasteiger charge is -2.20. The summed E-state index contributed by atoms with van der Waals surface area (Å²) in [7, 11) is 0. The van der Waals surface area contributed by atoms with Crippen LogP contribution in [0.25, 0.3) is 0 Å². The first-order valence-corrected chi connectivity index (χ1v) is 6.03. The van der Waals surface area contributed by atoms with Crippen molar-refractivity contribution in [3.05, 3.63) is 0 Å². The van der Waals surface area contributed by atoms with E-state index < -0.39 is 23.9 Å². The number of thioether (sulfide) groups is 1. The minimum Gasteiger partial charge on any atom is -0.480 e. The van der Waals surface area contributed by atoms with Gasteiger partial charge in [-0.25, -0.2) is 15.2 Å². The van der Waals surface area contributed by atoms with E-state index in [-0.39, 0.29) is 6.54 Å². The zero-order valence-electron chi connectivity index (χ0n) is 8.73. The molecule has 0 bridgehead atoms. The minimum absolute atomic E-state index is 0.151. The molecule has 1 atom stereocenters. The van der Waals surface area contributed by atoms with E-state index in [1.54, 1.807) is 0 Å². The van der Waals surface area contributed by atoms with E-state index >= 15 is 0 Å². The molecule has 0 spiro atoms. The van der Waals surface area contributed by atoms with Crippen molar-refractivity contribution in [2.75, 3.05) is 18.6 Å². The Hall–Kier alpha value is -1.28. The fourth-order valence-electron chi connectivity index (χ4n) is 1.21. The van der Waals surface area contributed by atoms with E-state index in [1.807, 2.05) is 6.26 Å². The normalized spacial score (nSPS) is 17.4. The van der Waals surface area contributed by atoms with Gasteiger partial charge < -0.3 is 5.11 Å². The SMILES string of the molecule is CSCC[C@H](NN1CC(=O)NC1=O)C(=O)O. The number of imide groups is 1. The fourth-order valence-corrected chi connectivity index (χ4v) is 1.68. The van der Waals surface area contributed by atoms with Crippen LogP contribution in [0.4, 0.5) is 4.79 Å². The van der Waals surface area contributed by atoms with Crippen LogP contribution in [-0.2, 0) is 9.59 Å². The Morgan fingerprint density at radius 2 is 2.38 bits per heavy atom. The standard InChI is InChI=1S/C8H13N3O4S/c1-16-3-2-5(7(13)14)10-11-4-6(12)9-8(11)15/h5,10H,2-4H2,1H3,(H,13,14)(H,9,12,15)/t5-/m0/s1. The molecule has 0 aromatic heterocycles. The molecule has 0 aromatic rings. The van der Waals surface area contributed by atoms with Crippen LogP contribution in [0.2, 0.25) is 0 Å². The highest BCUT2D eigenvalue weighted by Gasteiger charge is 2.30. The Morgan fingerprint density at radius 3 is 2.81 bits per heavy atom. The molecule has 0 saturated carbocycles. The quantitative estimate of drug-likeness (QED) is 0.534. The third-order valence-corrected chi connectivity index (χ3v) is 2.66. The van der Waals surface area contributed by atoms with E-state index in [0.717, 1.165) is 5.01 Å². The molecule has 1 rings (SSSR count). The second kappa shape index (κ2) is 5.71. The number of hydrogen-bond acceptors (Lipinski definition) is 5. The van der Waals surface area contributed by atoms with E-state index in [4.69, 9.17) is 5.11 Å². The number of nitrogens with one attached hydrogen (secondary N) is 2. The Labute approximate surface area is 96.5 Å². The number of aliphatic carboxylic acids is 1. The molecule has 1 heterocycles. The molecule has 16 heavy (non-hydrogen) atoms. The third kappa shape index (κ3) is 3.38. The van der Waals surface area contributed by atoms with Crippen LogP contribution in [0.5, 0.6) is 0 Å². The number of carboxylic acids is 1. The highest BCUT2D eigenvalue weighted by atomic mass is 32.2. The zero-order chi connectivity index (χ0) is 12.1. The number of carboxylic acid groups (broad SMARTS) is 1. The molecule has 0 aromatic carbocycles. The van der Waals surface area contributed by atoms with Crippen LogP contribution >= 0.6 is 11.8 Å². The zero-order valence-corrected chi connectivity index (χ0v) is 9.54. The Morgan fingerprint density at radius 1 is 1.69 bits per heavy atom. The maximum atomic E-state index is 11.1. The average molecular weight is 247 g/mol. The van der Waals surface area contributed by atoms with Crippen molar-refractivity contribution in [3.8, 4) is 0 Å². The maximum Gasteiger partial charge on any atom is 0.338 e. The summed E-state index contributed by atoms with van der Waals surface area (Å²) in [5.41, 5.74) is 2.52. The number of hydrazine groups is 1. The maximum absolute atomic E-state index is 11.1. The highest BCUT2D eigenvalue weighted by Crippen LogP contribution is 2.03. The van der Waals surface area contributed by atoms with Gasteiger partial charge in [0.05, 0.1) is 0 Å². The van der Waals surface area contributed by atoms with Gasteiger partial charge in [0.2, 0.25) is 5.91 Å².